The van der Waals surface area contributed by atoms with E-state index >= 15 is 0 Å². The normalized spacial score (nSPS) is 15.4. The minimum Gasteiger partial charge on any atom is -0.350 e. The monoisotopic (exact) mass is 354 g/mol. The molecule has 1 saturated heterocycles. The molecule has 7 nitrogen and oxygen atoms in total. The summed E-state index contributed by atoms with van der Waals surface area (Å²) in [6.45, 7) is 2.99. The number of para-hydroxylation sites is 1. The summed E-state index contributed by atoms with van der Waals surface area (Å²) in [5.41, 5.74) is 1.84. The van der Waals surface area contributed by atoms with Crippen molar-refractivity contribution in [1.29, 1.82) is 5.26 Å². The van der Waals surface area contributed by atoms with E-state index in [9.17, 15) is 10.1 Å². The molecule has 0 unspecified atom stereocenters. The molecule has 0 bridgehead atoms. The maximum Gasteiger partial charge on any atom is 0.256 e. The number of methoxy groups -OCH3 is 2. The third-order valence-corrected chi connectivity index (χ3v) is 4.67. The molecule has 0 aliphatic carbocycles. The summed E-state index contributed by atoms with van der Waals surface area (Å²) in [5, 5.41) is 10.1. The van der Waals surface area contributed by atoms with Gasteiger partial charge in [0.1, 0.15) is 11.8 Å². The van der Waals surface area contributed by atoms with Crippen LogP contribution in [-0.2, 0) is 9.47 Å². The van der Waals surface area contributed by atoms with E-state index in [2.05, 4.69) is 16.0 Å². The van der Waals surface area contributed by atoms with Crippen LogP contribution < -0.4 is 0 Å². The van der Waals surface area contributed by atoms with Crippen molar-refractivity contribution >= 4 is 16.8 Å². The Kier molecular flexibility index (Phi) is 5.47. The van der Waals surface area contributed by atoms with Crippen molar-refractivity contribution in [3.05, 3.63) is 41.1 Å². The number of carbonyl (C=O) groups is 1. The zero-order chi connectivity index (χ0) is 18.7. The Bertz CT molecular complexity index is 850. The lowest BCUT2D eigenvalue weighted by Gasteiger charge is -2.33. The fourth-order valence-electron chi connectivity index (χ4n) is 3.15. The molecule has 0 N–H and O–H groups in total. The molecule has 2 aromatic rings. The van der Waals surface area contributed by atoms with Crippen molar-refractivity contribution in [1.82, 2.24) is 14.8 Å². The van der Waals surface area contributed by atoms with E-state index in [1.807, 2.05) is 18.0 Å². The van der Waals surface area contributed by atoms with Crippen LogP contribution in [-0.4, -0.2) is 68.1 Å². The van der Waals surface area contributed by atoms with E-state index < -0.39 is 6.29 Å². The first-order valence-corrected chi connectivity index (χ1v) is 8.46. The lowest BCUT2D eigenvalue weighted by molar-refractivity contribution is -0.108. The lowest BCUT2D eigenvalue weighted by atomic mass is 10.0. The van der Waals surface area contributed by atoms with Crippen molar-refractivity contribution in [2.75, 3.05) is 47.4 Å². The molecule has 136 valence electrons. The molecule has 0 saturated carbocycles. The zero-order valence-corrected chi connectivity index (χ0v) is 15.2. The van der Waals surface area contributed by atoms with Crippen molar-refractivity contribution in [2.45, 2.75) is 6.29 Å². The molecule has 1 aromatic heterocycles. The fraction of sp³-hybridized carbons (Fsp3) is 0.421. The molecular formula is C19H22N4O3. The topological polar surface area (TPSA) is 78.7 Å². The number of nitrogens with zero attached hydrogens (tertiary/aromatic N) is 4. The van der Waals surface area contributed by atoms with Crippen molar-refractivity contribution < 1.29 is 14.3 Å². The average Bonchev–Trinajstić information content (AvgIpc) is 2.68. The van der Waals surface area contributed by atoms with Crippen molar-refractivity contribution in [3.8, 4) is 6.07 Å². The highest BCUT2D eigenvalue weighted by Gasteiger charge is 2.27. The van der Waals surface area contributed by atoms with Gasteiger partial charge >= 0.3 is 0 Å². The Labute approximate surface area is 152 Å². The number of hydrogen-bond acceptors (Lipinski definition) is 6. The Morgan fingerprint density at radius 2 is 1.92 bits per heavy atom. The second kappa shape index (κ2) is 7.79. The first-order chi connectivity index (χ1) is 12.6. The lowest BCUT2D eigenvalue weighted by Crippen LogP contribution is -2.47. The average molecular weight is 354 g/mol. The Hall–Kier alpha value is -2.53. The van der Waals surface area contributed by atoms with Crippen LogP contribution in [0, 0.1) is 11.3 Å². The Morgan fingerprint density at radius 3 is 2.54 bits per heavy atom. The molecule has 0 spiro atoms. The highest BCUT2D eigenvalue weighted by molar-refractivity contribution is 5.99. The van der Waals surface area contributed by atoms with Crippen LogP contribution in [0.25, 0.3) is 10.9 Å². The second-order valence-corrected chi connectivity index (χ2v) is 6.31. The summed E-state index contributed by atoms with van der Waals surface area (Å²) in [7, 11) is 5.04. The molecule has 3 rings (SSSR count). The highest BCUT2D eigenvalue weighted by Crippen LogP contribution is 2.27. The molecular weight excluding hydrogens is 332 g/mol. The number of ether oxygens (including phenoxy) is 2. The van der Waals surface area contributed by atoms with Gasteiger partial charge in [0.25, 0.3) is 5.91 Å². The highest BCUT2D eigenvalue weighted by atomic mass is 16.7. The second-order valence-electron chi connectivity index (χ2n) is 6.31. The first-order valence-electron chi connectivity index (χ1n) is 8.46. The van der Waals surface area contributed by atoms with Gasteiger partial charge in [-0.3, -0.25) is 4.79 Å². The summed E-state index contributed by atoms with van der Waals surface area (Å²) < 4.78 is 10.7. The fourth-order valence-corrected chi connectivity index (χ4v) is 3.15. The standard InChI is InChI=1S/C19H22N4O3/c1-22-7-9-23(10-8-22)18(24)15-11-13-5-4-6-14(12-20)16(13)21-17(15)19(25-2)26-3/h4-6,11,19H,7-10H2,1-3H3. The van der Waals surface area contributed by atoms with E-state index in [4.69, 9.17) is 9.47 Å². The van der Waals surface area contributed by atoms with Crippen LogP contribution in [0.4, 0.5) is 0 Å². The summed E-state index contributed by atoms with van der Waals surface area (Å²) in [5.74, 6) is -0.0936. The SMILES string of the molecule is COC(OC)c1nc2c(C#N)cccc2cc1C(=O)N1CCN(C)CC1. The van der Waals surface area contributed by atoms with E-state index in [-0.39, 0.29) is 5.91 Å². The third kappa shape index (κ3) is 3.40. The van der Waals surface area contributed by atoms with Gasteiger partial charge in [0.2, 0.25) is 6.29 Å². The number of benzene rings is 1. The molecule has 2 heterocycles. The smallest absolute Gasteiger partial charge is 0.256 e. The number of fused-ring (bicyclic) bond motifs is 1. The predicted molar refractivity (Wildman–Crippen MR) is 96.6 cm³/mol. The number of nitriles is 1. The number of aromatic nitrogens is 1. The number of likely N-dealkylation sites (N-methyl/N-ethyl adjacent to an activating group) is 1. The zero-order valence-electron chi connectivity index (χ0n) is 15.2. The van der Waals surface area contributed by atoms with Crippen molar-refractivity contribution in [3.63, 3.8) is 0 Å². The van der Waals surface area contributed by atoms with Gasteiger partial charge in [0.15, 0.2) is 0 Å². The number of piperazine rings is 1. The van der Waals surface area contributed by atoms with Gasteiger partial charge in [-0.05, 0) is 19.2 Å². The number of pyridine rings is 1. The quantitative estimate of drug-likeness (QED) is 0.779. The van der Waals surface area contributed by atoms with Gasteiger partial charge in [-0.1, -0.05) is 12.1 Å². The summed E-state index contributed by atoms with van der Waals surface area (Å²) in [4.78, 5) is 21.8. The van der Waals surface area contributed by atoms with Gasteiger partial charge in [0.05, 0.1) is 16.6 Å². The molecule has 26 heavy (non-hydrogen) atoms. The molecule has 7 heteroatoms. The molecule has 1 amide bonds. The molecule has 1 fully saturated rings. The van der Waals surface area contributed by atoms with Gasteiger partial charge in [0, 0.05) is 45.8 Å². The summed E-state index contributed by atoms with van der Waals surface area (Å²) in [6.07, 6.45) is -0.780. The minimum absolute atomic E-state index is 0.0936. The first kappa shape index (κ1) is 18.3. The molecule has 1 aliphatic rings. The van der Waals surface area contributed by atoms with Crippen LogP contribution >= 0.6 is 0 Å². The summed E-state index contributed by atoms with van der Waals surface area (Å²) >= 11 is 0. The minimum atomic E-state index is -0.780. The van der Waals surface area contributed by atoms with Crippen LogP contribution in [0.1, 0.15) is 27.9 Å². The number of hydrogen-bond donors (Lipinski definition) is 0. The van der Waals surface area contributed by atoms with Crippen molar-refractivity contribution in [2.24, 2.45) is 0 Å². The van der Waals surface area contributed by atoms with E-state index in [0.717, 1.165) is 18.5 Å². The summed E-state index contributed by atoms with van der Waals surface area (Å²) in [6, 6.07) is 9.27. The third-order valence-electron chi connectivity index (χ3n) is 4.67. The van der Waals surface area contributed by atoms with Crippen LogP contribution in [0.15, 0.2) is 24.3 Å². The van der Waals surface area contributed by atoms with Gasteiger partial charge in [-0.25, -0.2) is 4.98 Å². The predicted octanol–water partition coefficient (Wildman–Crippen LogP) is 1.79. The van der Waals surface area contributed by atoms with Crippen LogP contribution in [0.5, 0.6) is 0 Å². The molecule has 0 radical (unpaired) electrons. The Morgan fingerprint density at radius 1 is 1.23 bits per heavy atom. The van der Waals surface area contributed by atoms with E-state index in [1.165, 1.54) is 14.2 Å². The molecule has 1 aliphatic heterocycles. The van der Waals surface area contributed by atoms with Crippen LogP contribution in [0.3, 0.4) is 0 Å². The van der Waals surface area contributed by atoms with Crippen LogP contribution in [0.2, 0.25) is 0 Å². The van der Waals surface area contributed by atoms with Gasteiger partial charge < -0.3 is 19.3 Å². The van der Waals surface area contributed by atoms with E-state index in [0.29, 0.717) is 35.4 Å². The number of rotatable bonds is 4. The Balaban J connectivity index is 2.11. The maximum atomic E-state index is 13.2. The largest absolute Gasteiger partial charge is 0.350 e. The van der Waals surface area contributed by atoms with Gasteiger partial charge in [-0.15, -0.1) is 0 Å². The van der Waals surface area contributed by atoms with E-state index in [1.54, 1.807) is 18.2 Å². The molecule has 1 aromatic carbocycles. The maximum absolute atomic E-state index is 13.2. The number of amides is 1. The molecule has 0 atom stereocenters. The van der Waals surface area contributed by atoms with Gasteiger partial charge in [-0.2, -0.15) is 5.26 Å². The number of carbonyl (C=O) groups excluding carboxylic acids is 1.